The quantitative estimate of drug-likeness (QED) is 0.655. The van der Waals surface area contributed by atoms with E-state index in [0.717, 1.165) is 0 Å². The van der Waals surface area contributed by atoms with Gasteiger partial charge in [0, 0.05) is 12.4 Å². The molecule has 0 unspecified atom stereocenters. The van der Waals surface area contributed by atoms with E-state index in [0.29, 0.717) is 12.3 Å². The van der Waals surface area contributed by atoms with Gasteiger partial charge in [-0.2, -0.15) is 4.98 Å². The zero-order valence-corrected chi connectivity index (χ0v) is 15.8. The fourth-order valence-electron chi connectivity index (χ4n) is 2.79. The summed E-state index contributed by atoms with van der Waals surface area (Å²) in [7, 11) is 0. The Morgan fingerprint density at radius 2 is 2.04 bits per heavy atom. The van der Waals surface area contributed by atoms with E-state index < -0.39 is 5.82 Å². The largest absolute Gasteiger partial charge is 0.345 e. The Hall–Kier alpha value is -2.67. The van der Waals surface area contributed by atoms with Crippen molar-refractivity contribution in [3.05, 3.63) is 59.5 Å². The second kappa shape index (κ2) is 8.35. The van der Waals surface area contributed by atoms with E-state index in [1.165, 1.54) is 12.1 Å². The van der Waals surface area contributed by atoms with Gasteiger partial charge in [0.05, 0.1) is 17.1 Å². The number of rotatable bonds is 7. The van der Waals surface area contributed by atoms with E-state index in [1.54, 1.807) is 6.07 Å². The molecule has 3 aromatic rings. The highest BCUT2D eigenvalue weighted by atomic mass is 35.5. The first-order valence-corrected chi connectivity index (χ1v) is 9.00. The molecule has 3 rings (SSSR count). The molecule has 0 aliphatic carbocycles. The zero-order chi connectivity index (χ0) is 19.4. The van der Waals surface area contributed by atoms with Crippen LogP contribution in [-0.4, -0.2) is 20.6 Å². The van der Waals surface area contributed by atoms with Crippen LogP contribution in [0.4, 0.5) is 4.39 Å². The standard InChI is InChI=1S/C19H20ClFN4O2/c1-12(2)10-15(25-8-3-4-9-25)19(26)22-11-16-23-18(24-27-16)17-13(20)6-5-7-14(17)21/h3-9,12,15H,10-11H2,1-2H3,(H,22,26)/t15-/m1/s1. The molecule has 0 aliphatic heterocycles. The van der Waals surface area contributed by atoms with Crippen molar-refractivity contribution in [2.24, 2.45) is 5.92 Å². The van der Waals surface area contributed by atoms with Crippen molar-refractivity contribution in [1.82, 2.24) is 20.0 Å². The highest BCUT2D eigenvalue weighted by Crippen LogP contribution is 2.28. The van der Waals surface area contributed by atoms with E-state index in [-0.39, 0.29) is 40.8 Å². The Labute approximate surface area is 161 Å². The van der Waals surface area contributed by atoms with Crippen LogP contribution in [0.1, 0.15) is 32.2 Å². The Kier molecular flexibility index (Phi) is 5.91. The Bertz CT molecular complexity index is 888. The summed E-state index contributed by atoms with van der Waals surface area (Å²) in [5, 5.41) is 6.76. The molecule has 1 amide bonds. The molecule has 142 valence electrons. The van der Waals surface area contributed by atoms with Crippen molar-refractivity contribution in [2.75, 3.05) is 0 Å². The average Bonchev–Trinajstić information content (AvgIpc) is 3.29. The molecule has 2 aromatic heterocycles. The maximum atomic E-state index is 14.0. The van der Waals surface area contributed by atoms with Crippen LogP contribution in [0.25, 0.3) is 11.4 Å². The lowest BCUT2D eigenvalue weighted by molar-refractivity contribution is -0.125. The van der Waals surface area contributed by atoms with Crippen molar-refractivity contribution in [3.8, 4) is 11.4 Å². The van der Waals surface area contributed by atoms with E-state index in [9.17, 15) is 9.18 Å². The lowest BCUT2D eigenvalue weighted by atomic mass is 10.0. The molecular formula is C19H20ClFN4O2. The summed E-state index contributed by atoms with van der Waals surface area (Å²) in [6, 6.07) is 7.74. The third kappa shape index (κ3) is 4.54. The van der Waals surface area contributed by atoms with Crippen LogP contribution in [0.3, 0.4) is 0 Å². The maximum Gasteiger partial charge on any atom is 0.246 e. The number of aromatic nitrogens is 3. The second-order valence-corrected chi connectivity index (χ2v) is 7.01. The number of hydrogen-bond acceptors (Lipinski definition) is 4. The topological polar surface area (TPSA) is 73.0 Å². The van der Waals surface area contributed by atoms with Crippen LogP contribution in [0.2, 0.25) is 5.02 Å². The molecule has 0 fully saturated rings. The minimum absolute atomic E-state index is 0.0477. The molecular weight excluding hydrogens is 371 g/mol. The van der Waals surface area contributed by atoms with Gasteiger partial charge in [0.15, 0.2) is 0 Å². The van der Waals surface area contributed by atoms with Crippen LogP contribution < -0.4 is 5.32 Å². The van der Waals surface area contributed by atoms with E-state index >= 15 is 0 Å². The van der Waals surface area contributed by atoms with Gasteiger partial charge in [0.1, 0.15) is 11.9 Å². The molecule has 0 radical (unpaired) electrons. The van der Waals surface area contributed by atoms with E-state index in [1.807, 2.05) is 29.1 Å². The summed E-state index contributed by atoms with van der Waals surface area (Å²) in [5.74, 6) is -0.117. The van der Waals surface area contributed by atoms with Crippen molar-refractivity contribution in [2.45, 2.75) is 32.9 Å². The number of carbonyl (C=O) groups excluding carboxylic acids is 1. The summed E-state index contributed by atoms with van der Waals surface area (Å²) in [4.78, 5) is 16.8. The summed E-state index contributed by atoms with van der Waals surface area (Å²) >= 11 is 6.01. The lowest BCUT2D eigenvalue weighted by Gasteiger charge is -2.20. The molecule has 2 heterocycles. The van der Waals surface area contributed by atoms with Crippen LogP contribution >= 0.6 is 11.6 Å². The normalized spacial score (nSPS) is 12.3. The van der Waals surface area contributed by atoms with Gasteiger partial charge in [-0.15, -0.1) is 0 Å². The number of benzene rings is 1. The van der Waals surface area contributed by atoms with Gasteiger partial charge in [-0.25, -0.2) is 4.39 Å². The van der Waals surface area contributed by atoms with Crippen molar-refractivity contribution in [1.29, 1.82) is 0 Å². The number of amides is 1. The Morgan fingerprint density at radius 1 is 1.30 bits per heavy atom. The SMILES string of the molecule is CC(C)C[C@H](C(=O)NCc1nc(-c2c(F)cccc2Cl)no1)n1cccc1. The molecule has 0 saturated carbocycles. The van der Waals surface area contributed by atoms with Gasteiger partial charge >= 0.3 is 0 Å². The monoisotopic (exact) mass is 390 g/mol. The van der Waals surface area contributed by atoms with Gasteiger partial charge in [-0.1, -0.05) is 36.7 Å². The first kappa shape index (κ1) is 19.1. The molecule has 27 heavy (non-hydrogen) atoms. The lowest BCUT2D eigenvalue weighted by Crippen LogP contribution is -2.32. The zero-order valence-electron chi connectivity index (χ0n) is 15.0. The number of nitrogens with zero attached hydrogens (tertiary/aromatic N) is 3. The summed E-state index contributed by atoms with van der Waals surface area (Å²) in [5.41, 5.74) is 0.0746. The fraction of sp³-hybridized carbons (Fsp3) is 0.316. The van der Waals surface area contributed by atoms with Crippen LogP contribution in [0, 0.1) is 11.7 Å². The molecule has 1 atom stereocenters. The van der Waals surface area contributed by atoms with Crippen molar-refractivity contribution < 1.29 is 13.7 Å². The number of carbonyl (C=O) groups is 1. The van der Waals surface area contributed by atoms with Gasteiger partial charge in [-0.3, -0.25) is 4.79 Å². The molecule has 1 N–H and O–H groups in total. The summed E-state index contributed by atoms with van der Waals surface area (Å²) in [6.45, 7) is 4.17. The molecule has 8 heteroatoms. The minimum Gasteiger partial charge on any atom is -0.345 e. The van der Waals surface area contributed by atoms with Crippen LogP contribution in [-0.2, 0) is 11.3 Å². The van der Waals surface area contributed by atoms with Gasteiger partial charge in [0.2, 0.25) is 17.6 Å². The third-order valence-corrected chi connectivity index (χ3v) is 4.37. The van der Waals surface area contributed by atoms with E-state index in [2.05, 4.69) is 29.3 Å². The average molecular weight is 391 g/mol. The van der Waals surface area contributed by atoms with Gasteiger partial charge in [0.25, 0.3) is 0 Å². The van der Waals surface area contributed by atoms with Gasteiger partial charge in [-0.05, 0) is 36.6 Å². The summed E-state index contributed by atoms with van der Waals surface area (Å²) < 4.78 is 21.0. The highest BCUT2D eigenvalue weighted by Gasteiger charge is 2.22. The van der Waals surface area contributed by atoms with E-state index in [4.69, 9.17) is 16.1 Å². The molecule has 0 saturated heterocycles. The molecule has 6 nitrogen and oxygen atoms in total. The molecule has 0 bridgehead atoms. The first-order valence-electron chi connectivity index (χ1n) is 8.63. The molecule has 1 aromatic carbocycles. The van der Waals surface area contributed by atoms with Crippen molar-refractivity contribution >= 4 is 17.5 Å². The molecule has 0 aliphatic rings. The number of nitrogens with one attached hydrogen (secondary N) is 1. The predicted octanol–water partition coefficient (Wildman–Crippen LogP) is 4.23. The second-order valence-electron chi connectivity index (χ2n) is 6.60. The predicted molar refractivity (Wildman–Crippen MR) is 99.5 cm³/mol. The van der Waals surface area contributed by atoms with Gasteiger partial charge < -0.3 is 14.4 Å². The fourth-order valence-corrected chi connectivity index (χ4v) is 3.03. The van der Waals surface area contributed by atoms with Crippen molar-refractivity contribution in [3.63, 3.8) is 0 Å². The third-order valence-electron chi connectivity index (χ3n) is 4.05. The number of hydrogen-bond donors (Lipinski definition) is 1. The van der Waals surface area contributed by atoms with Crippen LogP contribution in [0.5, 0.6) is 0 Å². The first-order chi connectivity index (χ1) is 13.0. The summed E-state index contributed by atoms with van der Waals surface area (Å²) in [6.07, 6.45) is 4.41. The molecule has 0 spiro atoms. The number of halogens is 2. The maximum absolute atomic E-state index is 14.0. The Morgan fingerprint density at radius 3 is 2.70 bits per heavy atom. The smallest absolute Gasteiger partial charge is 0.246 e. The highest BCUT2D eigenvalue weighted by molar-refractivity contribution is 6.33. The Balaban J connectivity index is 1.69. The minimum atomic E-state index is -0.538. The van der Waals surface area contributed by atoms with Crippen LogP contribution in [0.15, 0.2) is 47.2 Å².